The Bertz CT molecular complexity index is 3520. The zero-order valence-corrected chi connectivity index (χ0v) is 58.4. The van der Waals surface area contributed by atoms with Crippen LogP contribution in [0.2, 0.25) is 0 Å². The molecule has 9 rings (SSSR count). The minimum Gasteiger partial charge on any atom is -0.493 e. The summed E-state index contributed by atoms with van der Waals surface area (Å²) in [5, 5.41) is 3.99. The lowest BCUT2D eigenvalue weighted by Gasteiger charge is -2.27. The fourth-order valence-corrected chi connectivity index (χ4v) is 13.6. The predicted molar refractivity (Wildman–Crippen MR) is 360 cm³/mol. The van der Waals surface area contributed by atoms with E-state index in [0.29, 0.717) is 47.3 Å². The van der Waals surface area contributed by atoms with Gasteiger partial charge in [-0.25, -0.2) is 0 Å². The Kier molecular flexibility index (Phi) is 16.6. The van der Waals surface area contributed by atoms with Gasteiger partial charge in [-0.05, 0) is 146 Å². The van der Waals surface area contributed by atoms with E-state index in [1.165, 1.54) is 22.3 Å². The Morgan fingerprint density at radius 3 is 0.788 bits per heavy atom. The van der Waals surface area contributed by atoms with Gasteiger partial charge in [0, 0.05) is 43.8 Å². The summed E-state index contributed by atoms with van der Waals surface area (Å²) in [6.45, 7) is 59.7. The molecule has 0 aliphatic carbocycles. The van der Waals surface area contributed by atoms with Crippen LogP contribution in [0.4, 0.5) is 0 Å². The Morgan fingerprint density at radius 1 is 0.318 bits per heavy atom. The fraction of sp³-hybridized carbons (Fsp3) is 0.520. The van der Waals surface area contributed by atoms with Crippen LogP contribution < -0.4 is 18.5 Å². The molecule has 0 saturated heterocycles. The topological polar surface area (TPSA) is 89.5 Å². The number of fused-ring (bicyclic) bond motifs is 9. The third kappa shape index (κ3) is 13.1. The third-order valence-corrected chi connectivity index (χ3v) is 18.8. The van der Waals surface area contributed by atoms with E-state index in [-0.39, 0.29) is 43.3 Å². The molecule has 1 aliphatic heterocycles. The van der Waals surface area contributed by atoms with Crippen molar-refractivity contribution in [3.8, 4) is 34.1 Å². The molecule has 0 unspecified atom stereocenters. The van der Waals surface area contributed by atoms with E-state index in [9.17, 15) is 0 Å². The van der Waals surface area contributed by atoms with Crippen LogP contribution in [0, 0.1) is 13.8 Å². The van der Waals surface area contributed by atoms with Gasteiger partial charge in [0.1, 0.15) is 33.8 Å². The summed E-state index contributed by atoms with van der Waals surface area (Å²) in [6, 6.07) is 26.9. The first-order valence-corrected chi connectivity index (χ1v) is 33.2. The quantitative estimate of drug-likeness (QED) is 0.172. The summed E-state index contributed by atoms with van der Waals surface area (Å²) in [5.41, 5.74) is 13.4. The average Bonchev–Trinajstić information content (AvgIpc) is 2.48. The molecule has 0 atom stereocenters. The molecule has 8 aromatic rings. The smallest absolute Gasteiger partial charge is 0.453 e. The SMILES string of the molecule is Cc1ccc2c(c1Op1oc3c(C(C)(C)C)cc(C(C)(C)C)cc3c3cc(C(C)(C)C)cc(C(C)(C)C)c3o1)-c1c(ccc(C)c1Op1oc3c(C(C)(C)C)cc(C(C)(C)C)cc3c3cc(C(C)(C)C)cc(C(C)(C)C)c3o1)OCCCCCO2. The van der Waals surface area contributed by atoms with E-state index in [1.807, 2.05) is 0 Å². The molecule has 0 saturated carbocycles. The molecule has 10 heteroatoms. The largest absolute Gasteiger partial charge is 0.493 e. The van der Waals surface area contributed by atoms with Crippen molar-refractivity contribution in [3.63, 3.8) is 0 Å². The van der Waals surface area contributed by atoms with Crippen LogP contribution in [0.25, 0.3) is 55.0 Å². The van der Waals surface area contributed by atoms with Crippen molar-refractivity contribution in [2.24, 2.45) is 0 Å². The van der Waals surface area contributed by atoms with E-state index in [1.54, 1.807) is 0 Å². The summed E-state index contributed by atoms with van der Waals surface area (Å²) in [6.07, 6.45) is 2.64. The highest BCUT2D eigenvalue weighted by Gasteiger charge is 2.34. The van der Waals surface area contributed by atoms with Gasteiger partial charge in [0.15, 0.2) is 11.5 Å². The lowest BCUT2D eigenvalue weighted by Crippen LogP contribution is -2.17. The van der Waals surface area contributed by atoms with Gasteiger partial charge in [0.05, 0.1) is 24.3 Å². The van der Waals surface area contributed by atoms with Gasteiger partial charge in [-0.1, -0.05) is 203 Å². The van der Waals surface area contributed by atoms with Crippen molar-refractivity contribution in [1.82, 2.24) is 0 Å². The second-order valence-electron chi connectivity index (χ2n) is 32.5. The highest BCUT2D eigenvalue weighted by atomic mass is 31.1. The van der Waals surface area contributed by atoms with Gasteiger partial charge in [0.25, 0.3) is 0 Å². The molecule has 2 aromatic heterocycles. The molecule has 6 aromatic carbocycles. The molecule has 0 radical (unpaired) electrons. The average molecular weight is 1190 g/mol. The molecule has 458 valence electrons. The van der Waals surface area contributed by atoms with E-state index in [0.717, 1.165) is 96.5 Å². The third-order valence-electron chi connectivity index (χ3n) is 16.8. The maximum Gasteiger partial charge on any atom is 0.453 e. The number of hydrogen-bond donors (Lipinski definition) is 0. The predicted octanol–water partition coefficient (Wildman–Crippen LogP) is 24.2. The van der Waals surface area contributed by atoms with E-state index >= 15 is 0 Å². The van der Waals surface area contributed by atoms with Gasteiger partial charge in [-0.2, -0.15) is 0 Å². The van der Waals surface area contributed by atoms with Crippen LogP contribution in [0.5, 0.6) is 23.0 Å². The molecule has 0 bridgehead atoms. The molecule has 8 nitrogen and oxygen atoms in total. The van der Waals surface area contributed by atoms with Crippen LogP contribution in [-0.4, -0.2) is 13.2 Å². The first-order valence-electron chi connectivity index (χ1n) is 31.0. The van der Waals surface area contributed by atoms with E-state index < -0.39 is 16.5 Å². The van der Waals surface area contributed by atoms with Crippen LogP contribution in [-0.2, 0) is 43.3 Å². The fourth-order valence-electron chi connectivity index (χ4n) is 11.3. The normalized spacial score (nSPS) is 14.4. The maximum absolute atomic E-state index is 7.62. The molecule has 0 N–H and O–H groups in total. The first kappa shape index (κ1) is 63.8. The molecular formula is C75H100O8P2. The second kappa shape index (κ2) is 22.2. The minimum atomic E-state index is -2.23. The zero-order valence-electron chi connectivity index (χ0n) is 56.6. The summed E-state index contributed by atoms with van der Waals surface area (Å²) in [4.78, 5) is 0. The first-order chi connectivity index (χ1) is 39.0. The Balaban J connectivity index is 1.42. The summed E-state index contributed by atoms with van der Waals surface area (Å²) in [7, 11) is -4.47. The van der Waals surface area contributed by atoms with Gasteiger partial charge >= 0.3 is 16.5 Å². The van der Waals surface area contributed by atoms with E-state index in [4.69, 9.17) is 35.3 Å². The molecule has 85 heavy (non-hydrogen) atoms. The molecule has 0 spiro atoms. The molecule has 0 fully saturated rings. The van der Waals surface area contributed by atoms with Gasteiger partial charge in [-0.3, -0.25) is 0 Å². The van der Waals surface area contributed by atoms with Crippen LogP contribution in [0.1, 0.15) is 241 Å². The minimum absolute atomic E-state index is 0.157. The van der Waals surface area contributed by atoms with E-state index in [2.05, 4.69) is 253 Å². The summed E-state index contributed by atoms with van der Waals surface area (Å²) < 4.78 is 59.1. The monoisotopic (exact) mass is 1190 g/mol. The summed E-state index contributed by atoms with van der Waals surface area (Å²) in [5.74, 6) is 2.34. The molecule has 1 aliphatic rings. The number of hydrogen-bond acceptors (Lipinski definition) is 8. The Morgan fingerprint density at radius 2 is 0.565 bits per heavy atom. The number of rotatable bonds is 4. The maximum atomic E-state index is 7.62. The lowest BCUT2D eigenvalue weighted by molar-refractivity contribution is 0.284. The van der Waals surface area contributed by atoms with Crippen molar-refractivity contribution in [3.05, 3.63) is 128 Å². The number of aryl methyl sites for hydroxylation is 2. The van der Waals surface area contributed by atoms with Crippen LogP contribution >= 0.6 is 16.5 Å². The molecule has 0 amide bonds. The number of benzene rings is 6. The van der Waals surface area contributed by atoms with Crippen molar-refractivity contribution >= 4 is 60.4 Å². The van der Waals surface area contributed by atoms with Crippen LogP contribution in [0.3, 0.4) is 0 Å². The Labute approximate surface area is 511 Å². The number of ether oxygens (including phenoxy) is 2. The molecule has 3 heterocycles. The van der Waals surface area contributed by atoms with Crippen molar-refractivity contribution < 1.29 is 35.3 Å². The highest BCUT2D eigenvalue weighted by Crippen LogP contribution is 2.56. The lowest BCUT2D eigenvalue weighted by atomic mass is 9.77. The second-order valence-corrected chi connectivity index (χ2v) is 34.5. The molecular weight excluding hydrogens is 1090 g/mol. The van der Waals surface area contributed by atoms with Crippen molar-refractivity contribution in [2.45, 2.75) is 243 Å². The zero-order chi connectivity index (χ0) is 62.7. The highest BCUT2D eigenvalue weighted by molar-refractivity contribution is 7.32. The van der Waals surface area contributed by atoms with Crippen molar-refractivity contribution in [1.29, 1.82) is 0 Å². The standard InChI is InChI=1S/C75H100O8P2/c1-44-30-32-58-60(62(44)78-84-80-64-50(36-46(68(3,4)5)40-54(64)72(15,16)17)51-37-47(69(6,7)8)41-55(65(51)81-84)73(18,19)20)61-59(77-35-29-27-28-34-76-58)33-31-45(2)63(61)79-85-82-66-52(38-48(70(9,10)11)42-56(66)74(21,22)23)53-39-49(71(12,13)14)43-57(67(53)83-85)75(24,25)26/h30-33,36-43H,27-29,34-35H2,1-26H3. The Hall–Kier alpha value is -5.68. The van der Waals surface area contributed by atoms with Gasteiger partial charge in [-0.15, -0.1) is 0 Å². The summed E-state index contributed by atoms with van der Waals surface area (Å²) >= 11 is 0. The van der Waals surface area contributed by atoms with Gasteiger partial charge in [0.2, 0.25) is 0 Å². The van der Waals surface area contributed by atoms with Crippen molar-refractivity contribution in [2.75, 3.05) is 13.2 Å². The van der Waals surface area contributed by atoms with Crippen LogP contribution in [0.15, 0.2) is 89.6 Å². The van der Waals surface area contributed by atoms with Gasteiger partial charge < -0.3 is 35.3 Å².